The van der Waals surface area contributed by atoms with Gasteiger partial charge in [-0.2, -0.15) is 0 Å². The van der Waals surface area contributed by atoms with Crippen molar-refractivity contribution in [2.45, 2.75) is 26.7 Å². The molecule has 5 heteroatoms. The highest BCUT2D eigenvalue weighted by Gasteiger charge is 2.16. The predicted molar refractivity (Wildman–Crippen MR) is 98.2 cm³/mol. The van der Waals surface area contributed by atoms with Gasteiger partial charge in [0.05, 0.1) is 20.6 Å². The monoisotopic (exact) mass is 342 g/mol. The summed E-state index contributed by atoms with van der Waals surface area (Å²) in [6.07, 6.45) is 4.74. The summed E-state index contributed by atoms with van der Waals surface area (Å²) in [7, 11) is 3.21. The van der Waals surface area contributed by atoms with E-state index in [-0.39, 0.29) is 5.91 Å². The van der Waals surface area contributed by atoms with Crippen molar-refractivity contribution in [3.05, 3.63) is 53.3 Å². The molecule has 0 bridgehead atoms. The minimum atomic E-state index is 0.117. The Hall–Kier alpha value is -2.56. The summed E-state index contributed by atoms with van der Waals surface area (Å²) in [4.78, 5) is 18.6. The van der Waals surface area contributed by atoms with E-state index in [2.05, 4.69) is 4.98 Å². The van der Waals surface area contributed by atoms with E-state index in [0.717, 1.165) is 17.5 Å². The van der Waals surface area contributed by atoms with Gasteiger partial charge >= 0.3 is 0 Å². The second-order valence-electron chi connectivity index (χ2n) is 5.89. The molecule has 2 rings (SSSR count). The lowest BCUT2D eigenvalue weighted by Crippen LogP contribution is -2.34. The van der Waals surface area contributed by atoms with Crippen LogP contribution >= 0.6 is 0 Å². The minimum absolute atomic E-state index is 0.117. The maximum absolute atomic E-state index is 12.7. The van der Waals surface area contributed by atoms with Gasteiger partial charge in [0.1, 0.15) is 0 Å². The molecule has 134 valence electrons. The number of ether oxygens (including phenoxy) is 2. The van der Waals surface area contributed by atoms with Crippen LogP contribution in [0.25, 0.3) is 0 Å². The quantitative estimate of drug-likeness (QED) is 0.740. The second kappa shape index (κ2) is 9.06. The second-order valence-corrected chi connectivity index (χ2v) is 5.89. The average Bonchev–Trinajstić information content (AvgIpc) is 2.64. The zero-order valence-electron chi connectivity index (χ0n) is 15.4. The van der Waals surface area contributed by atoms with Gasteiger partial charge in [0.2, 0.25) is 5.91 Å². The zero-order valence-corrected chi connectivity index (χ0v) is 15.4. The Morgan fingerprint density at radius 1 is 1.12 bits per heavy atom. The van der Waals surface area contributed by atoms with Crippen LogP contribution in [0.1, 0.15) is 23.6 Å². The molecule has 0 aliphatic heterocycles. The van der Waals surface area contributed by atoms with Crippen LogP contribution in [0.5, 0.6) is 11.5 Å². The van der Waals surface area contributed by atoms with E-state index in [9.17, 15) is 4.79 Å². The number of likely N-dealkylation sites (N-methyl/N-ethyl adjacent to an activating group) is 1. The van der Waals surface area contributed by atoms with Crippen LogP contribution in [0.2, 0.25) is 0 Å². The lowest BCUT2D eigenvalue weighted by atomic mass is 10.0. The molecule has 25 heavy (non-hydrogen) atoms. The number of nitrogens with zero attached hydrogens (tertiary/aromatic N) is 2. The number of aromatic nitrogens is 1. The smallest absolute Gasteiger partial charge is 0.227 e. The molecule has 0 atom stereocenters. The van der Waals surface area contributed by atoms with Crippen molar-refractivity contribution in [1.82, 2.24) is 9.88 Å². The maximum Gasteiger partial charge on any atom is 0.227 e. The average molecular weight is 342 g/mol. The molecular weight excluding hydrogens is 316 g/mol. The Morgan fingerprint density at radius 3 is 2.36 bits per heavy atom. The lowest BCUT2D eigenvalue weighted by Gasteiger charge is -2.22. The highest BCUT2D eigenvalue weighted by atomic mass is 16.5. The fraction of sp³-hybridized carbons (Fsp3) is 0.400. The molecule has 0 radical (unpaired) electrons. The molecule has 1 aromatic heterocycles. The van der Waals surface area contributed by atoms with Gasteiger partial charge in [-0.3, -0.25) is 9.78 Å². The van der Waals surface area contributed by atoms with Gasteiger partial charge < -0.3 is 14.4 Å². The van der Waals surface area contributed by atoms with Gasteiger partial charge in [-0.15, -0.1) is 0 Å². The van der Waals surface area contributed by atoms with Crippen molar-refractivity contribution >= 4 is 5.91 Å². The number of carbonyl (C=O) groups is 1. The lowest BCUT2D eigenvalue weighted by molar-refractivity contribution is -0.130. The number of amides is 1. The van der Waals surface area contributed by atoms with Crippen molar-refractivity contribution in [3.63, 3.8) is 0 Å². The molecule has 1 heterocycles. The van der Waals surface area contributed by atoms with Crippen molar-refractivity contribution in [3.8, 4) is 11.5 Å². The van der Waals surface area contributed by atoms with E-state index in [1.165, 1.54) is 5.56 Å². The Bertz CT molecular complexity index is 702. The summed E-state index contributed by atoms with van der Waals surface area (Å²) in [6, 6.07) is 7.77. The number of benzene rings is 1. The molecule has 1 aromatic carbocycles. The molecule has 0 fully saturated rings. The highest BCUT2D eigenvalue weighted by Crippen LogP contribution is 2.30. The van der Waals surface area contributed by atoms with Crippen molar-refractivity contribution in [2.75, 3.05) is 27.3 Å². The Kier molecular flexibility index (Phi) is 6.81. The molecule has 2 aromatic rings. The summed E-state index contributed by atoms with van der Waals surface area (Å²) < 4.78 is 10.7. The van der Waals surface area contributed by atoms with Crippen molar-refractivity contribution in [1.29, 1.82) is 0 Å². The first-order chi connectivity index (χ1) is 12.1. The van der Waals surface area contributed by atoms with E-state index in [0.29, 0.717) is 31.0 Å². The molecule has 0 unspecified atom stereocenters. The van der Waals surface area contributed by atoms with E-state index in [4.69, 9.17) is 9.47 Å². The van der Waals surface area contributed by atoms with Gasteiger partial charge in [-0.25, -0.2) is 0 Å². The Labute approximate surface area is 149 Å². The normalized spacial score (nSPS) is 10.4. The molecule has 0 saturated heterocycles. The van der Waals surface area contributed by atoms with Crippen LogP contribution in [-0.2, 0) is 17.6 Å². The molecular formula is C20H26N2O3. The summed E-state index contributed by atoms with van der Waals surface area (Å²) in [5.74, 6) is 1.45. The fourth-order valence-electron chi connectivity index (χ4n) is 2.76. The zero-order chi connectivity index (χ0) is 18.2. The van der Waals surface area contributed by atoms with Crippen molar-refractivity contribution < 1.29 is 14.3 Å². The summed E-state index contributed by atoms with van der Waals surface area (Å²) in [6.45, 7) is 5.38. The van der Waals surface area contributed by atoms with Gasteiger partial charge in [0, 0.05) is 25.5 Å². The number of hydrogen-bond acceptors (Lipinski definition) is 4. The molecule has 0 spiro atoms. The van der Waals surface area contributed by atoms with Gasteiger partial charge in [-0.05, 0) is 61.2 Å². The summed E-state index contributed by atoms with van der Waals surface area (Å²) >= 11 is 0. The topological polar surface area (TPSA) is 51.7 Å². The van der Waals surface area contributed by atoms with Crippen molar-refractivity contribution in [2.24, 2.45) is 0 Å². The van der Waals surface area contributed by atoms with Gasteiger partial charge in [-0.1, -0.05) is 0 Å². The molecule has 1 amide bonds. The fourth-order valence-corrected chi connectivity index (χ4v) is 2.76. The largest absolute Gasteiger partial charge is 0.493 e. The standard InChI is InChI=1S/C20H26N2O3/c1-5-22(11-8-16-6-9-21-10-7-16)20(23)14-17-13-19(25-4)18(24-3)12-15(17)2/h6-7,9-10,12-13H,5,8,11,14H2,1-4H3. The van der Waals surface area contributed by atoms with Crippen LogP contribution in [0.15, 0.2) is 36.7 Å². The highest BCUT2D eigenvalue weighted by molar-refractivity contribution is 5.79. The number of hydrogen-bond donors (Lipinski definition) is 0. The number of aryl methyl sites for hydroxylation is 1. The summed E-state index contributed by atoms with van der Waals surface area (Å²) in [5, 5.41) is 0. The molecule has 0 aliphatic rings. The molecule has 0 aliphatic carbocycles. The molecule has 5 nitrogen and oxygen atoms in total. The first-order valence-corrected chi connectivity index (χ1v) is 8.47. The van der Waals surface area contributed by atoms with E-state index in [1.54, 1.807) is 26.6 Å². The van der Waals surface area contributed by atoms with Crippen LogP contribution in [0, 0.1) is 6.92 Å². The third kappa shape index (κ3) is 4.95. The van der Waals surface area contributed by atoms with Crippen LogP contribution in [0.3, 0.4) is 0 Å². The number of carbonyl (C=O) groups excluding carboxylic acids is 1. The number of methoxy groups -OCH3 is 2. The SMILES string of the molecule is CCN(CCc1ccncc1)C(=O)Cc1cc(OC)c(OC)cc1C. The predicted octanol–water partition coefficient (Wildman–Crippen LogP) is 3.04. The first kappa shape index (κ1) is 18.8. The maximum atomic E-state index is 12.7. The Balaban J connectivity index is 2.06. The van der Waals surface area contributed by atoms with E-state index in [1.807, 2.05) is 43.0 Å². The van der Waals surface area contributed by atoms with Crippen LogP contribution in [0.4, 0.5) is 0 Å². The third-order valence-corrected chi connectivity index (χ3v) is 4.34. The first-order valence-electron chi connectivity index (χ1n) is 8.47. The molecule has 0 N–H and O–H groups in total. The van der Waals surface area contributed by atoms with E-state index < -0.39 is 0 Å². The van der Waals surface area contributed by atoms with Crippen LogP contribution in [-0.4, -0.2) is 43.1 Å². The number of pyridine rings is 1. The summed E-state index contributed by atoms with van der Waals surface area (Å²) in [5.41, 5.74) is 3.17. The van der Waals surface area contributed by atoms with E-state index >= 15 is 0 Å². The van der Waals surface area contributed by atoms with Gasteiger partial charge in [0.15, 0.2) is 11.5 Å². The number of rotatable bonds is 8. The molecule has 0 saturated carbocycles. The Morgan fingerprint density at radius 2 is 1.76 bits per heavy atom. The minimum Gasteiger partial charge on any atom is -0.493 e. The van der Waals surface area contributed by atoms with Gasteiger partial charge in [0.25, 0.3) is 0 Å². The van der Waals surface area contributed by atoms with Crippen LogP contribution < -0.4 is 9.47 Å². The third-order valence-electron chi connectivity index (χ3n) is 4.34.